The minimum Gasteiger partial charge on any atom is -0.369 e. The maximum atomic E-state index is 12.1. The molecule has 1 aliphatic heterocycles. The van der Waals surface area contributed by atoms with Gasteiger partial charge in [0.25, 0.3) is 0 Å². The third-order valence-corrected chi connectivity index (χ3v) is 7.32. The Balaban J connectivity index is 1.39. The smallest absolute Gasteiger partial charge is 0.229 e. The molecule has 0 amide bonds. The summed E-state index contributed by atoms with van der Waals surface area (Å²) < 4.78 is 0.966. The van der Waals surface area contributed by atoms with Gasteiger partial charge in [-0.3, -0.25) is 4.79 Å². The number of ketones is 1. The molecule has 0 saturated carbocycles. The van der Waals surface area contributed by atoms with Crippen LogP contribution in [0, 0.1) is 6.92 Å². The van der Waals surface area contributed by atoms with E-state index in [1.54, 1.807) is 11.3 Å². The largest absolute Gasteiger partial charge is 0.369 e. The Kier molecular flexibility index (Phi) is 6.97. The molecule has 5 rings (SSSR count). The predicted molar refractivity (Wildman–Crippen MR) is 150 cm³/mol. The van der Waals surface area contributed by atoms with E-state index in [-0.39, 0.29) is 12.2 Å². The first kappa shape index (κ1) is 24.0. The van der Waals surface area contributed by atoms with E-state index in [1.807, 2.05) is 36.6 Å². The molecule has 2 aromatic carbocycles. The Morgan fingerprint density at radius 2 is 1.83 bits per heavy atom. The molecule has 1 fully saturated rings. The first-order valence-corrected chi connectivity index (χ1v) is 12.9. The van der Waals surface area contributed by atoms with Gasteiger partial charge in [-0.25, -0.2) is 4.98 Å². The molecule has 0 bridgehead atoms. The number of benzene rings is 2. The summed E-state index contributed by atoms with van der Waals surface area (Å²) in [5.41, 5.74) is 5.89. The number of anilines is 5. The molecule has 3 heterocycles. The lowest BCUT2D eigenvalue weighted by Gasteiger charge is -2.34. The zero-order valence-electron chi connectivity index (χ0n) is 20.6. The molecule has 0 aliphatic carbocycles. The van der Waals surface area contributed by atoms with Crippen molar-refractivity contribution in [2.75, 3.05) is 48.8 Å². The third kappa shape index (κ3) is 5.40. The maximum Gasteiger partial charge on any atom is 0.229 e. The second-order valence-corrected chi connectivity index (χ2v) is 10.0. The number of hydrogen-bond acceptors (Lipinski definition) is 8. The Bertz CT molecular complexity index is 1390. The Labute approximate surface area is 215 Å². The Morgan fingerprint density at radius 1 is 1.06 bits per heavy atom. The number of piperazine rings is 1. The molecule has 0 spiro atoms. The van der Waals surface area contributed by atoms with Crippen molar-refractivity contribution >= 4 is 56.2 Å². The molecule has 0 atom stereocenters. The average molecular weight is 499 g/mol. The van der Waals surface area contributed by atoms with Crippen LogP contribution in [0.2, 0.25) is 0 Å². The van der Waals surface area contributed by atoms with E-state index in [1.165, 1.54) is 11.8 Å². The zero-order valence-corrected chi connectivity index (χ0v) is 21.4. The molecule has 4 aromatic rings. The number of hydrogen-bond donors (Lipinski definition) is 2. The summed E-state index contributed by atoms with van der Waals surface area (Å²) in [5.74, 6) is 1.21. The van der Waals surface area contributed by atoms with E-state index in [0.717, 1.165) is 58.9 Å². The Hall–Kier alpha value is -3.75. The minimum atomic E-state index is -0.0202. The van der Waals surface area contributed by atoms with Gasteiger partial charge in [-0.1, -0.05) is 18.7 Å². The summed E-state index contributed by atoms with van der Waals surface area (Å²) in [5, 5.41) is 8.85. The van der Waals surface area contributed by atoms with Gasteiger partial charge in [-0.05, 0) is 73.0 Å². The van der Waals surface area contributed by atoms with Crippen molar-refractivity contribution in [2.45, 2.75) is 13.3 Å². The number of rotatable bonds is 8. The standard InChI is InChI=1S/C28H30N6OS/c1-4-23(35)18-20-6-5-19(2)17-25(20)30-27-26-24(11-16-36-26)31-28(32-27)29-21-7-9-22(10-8-21)34-14-12-33(3)13-15-34/h4-11,16-17H,1,12-15,18H2,2-3H3,(H2,29,30,31,32). The molecule has 184 valence electrons. The molecular weight excluding hydrogens is 468 g/mol. The SMILES string of the molecule is C=CC(=O)Cc1ccc(C)cc1Nc1nc(Nc2ccc(N3CCN(C)CC3)cc2)nc2ccsc12. The lowest BCUT2D eigenvalue weighted by molar-refractivity contribution is -0.114. The molecule has 7 nitrogen and oxygen atoms in total. The number of nitrogens with zero attached hydrogens (tertiary/aromatic N) is 4. The number of aromatic nitrogens is 2. The highest BCUT2D eigenvalue weighted by Crippen LogP contribution is 2.32. The number of nitrogens with one attached hydrogen (secondary N) is 2. The van der Waals surface area contributed by atoms with Crippen LogP contribution in [0.1, 0.15) is 11.1 Å². The second kappa shape index (κ2) is 10.5. The van der Waals surface area contributed by atoms with Crippen molar-refractivity contribution in [3.8, 4) is 0 Å². The van der Waals surface area contributed by atoms with E-state index < -0.39 is 0 Å². The summed E-state index contributed by atoms with van der Waals surface area (Å²) in [4.78, 5) is 26.4. The molecule has 36 heavy (non-hydrogen) atoms. The summed E-state index contributed by atoms with van der Waals surface area (Å²) in [7, 11) is 2.17. The average Bonchev–Trinajstić information content (AvgIpc) is 3.36. The fourth-order valence-corrected chi connectivity index (χ4v) is 5.08. The lowest BCUT2D eigenvalue weighted by atomic mass is 10.0. The van der Waals surface area contributed by atoms with Gasteiger partial charge in [0.05, 0.1) is 10.2 Å². The monoisotopic (exact) mass is 498 g/mol. The quantitative estimate of drug-likeness (QED) is 0.309. The minimum absolute atomic E-state index is 0.0202. The van der Waals surface area contributed by atoms with Gasteiger partial charge in [-0.15, -0.1) is 11.3 Å². The van der Waals surface area contributed by atoms with Crippen LogP contribution in [-0.4, -0.2) is 53.9 Å². The first-order valence-electron chi connectivity index (χ1n) is 12.1. The van der Waals surface area contributed by atoms with Crippen LogP contribution in [-0.2, 0) is 11.2 Å². The van der Waals surface area contributed by atoms with E-state index >= 15 is 0 Å². The third-order valence-electron chi connectivity index (χ3n) is 6.41. The summed E-state index contributed by atoms with van der Waals surface area (Å²) in [6.45, 7) is 9.87. The van der Waals surface area contributed by atoms with Gasteiger partial charge in [0, 0.05) is 49.7 Å². The van der Waals surface area contributed by atoms with Crippen molar-refractivity contribution in [3.63, 3.8) is 0 Å². The number of carbonyl (C=O) groups is 1. The fraction of sp³-hybridized carbons (Fsp3) is 0.250. The molecule has 0 radical (unpaired) electrons. The lowest BCUT2D eigenvalue weighted by Crippen LogP contribution is -2.44. The van der Waals surface area contributed by atoms with Crippen molar-refractivity contribution in [1.29, 1.82) is 0 Å². The van der Waals surface area contributed by atoms with E-state index in [0.29, 0.717) is 11.8 Å². The highest BCUT2D eigenvalue weighted by Gasteiger charge is 2.15. The molecule has 2 N–H and O–H groups in total. The van der Waals surface area contributed by atoms with Crippen molar-refractivity contribution in [1.82, 2.24) is 14.9 Å². The number of carbonyl (C=O) groups excluding carboxylic acids is 1. The molecule has 8 heteroatoms. The summed E-state index contributed by atoms with van der Waals surface area (Å²) >= 11 is 1.59. The van der Waals surface area contributed by atoms with Crippen molar-refractivity contribution in [2.24, 2.45) is 0 Å². The zero-order chi connectivity index (χ0) is 25.1. The summed E-state index contributed by atoms with van der Waals surface area (Å²) in [6.07, 6.45) is 1.65. The second-order valence-electron chi connectivity index (χ2n) is 9.13. The van der Waals surface area contributed by atoms with Gasteiger partial charge in [-0.2, -0.15) is 4.98 Å². The Morgan fingerprint density at radius 3 is 2.58 bits per heavy atom. The number of allylic oxidation sites excluding steroid dienone is 1. The van der Waals surface area contributed by atoms with Gasteiger partial charge < -0.3 is 20.4 Å². The molecule has 1 saturated heterocycles. The van der Waals surface area contributed by atoms with Gasteiger partial charge >= 0.3 is 0 Å². The molecule has 2 aromatic heterocycles. The van der Waals surface area contributed by atoms with E-state index in [9.17, 15) is 4.79 Å². The highest BCUT2D eigenvalue weighted by molar-refractivity contribution is 7.17. The van der Waals surface area contributed by atoms with Crippen molar-refractivity contribution in [3.05, 3.63) is 77.7 Å². The van der Waals surface area contributed by atoms with Gasteiger partial charge in [0.2, 0.25) is 5.95 Å². The topological polar surface area (TPSA) is 73.4 Å². The van der Waals surface area contributed by atoms with Gasteiger partial charge in [0.15, 0.2) is 11.6 Å². The van der Waals surface area contributed by atoms with E-state index in [4.69, 9.17) is 9.97 Å². The van der Waals surface area contributed by atoms with Crippen LogP contribution in [0.4, 0.5) is 28.8 Å². The van der Waals surface area contributed by atoms with Crippen LogP contribution < -0.4 is 15.5 Å². The summed E-state index contributed by atoms with van der Waals surface area (Å²) in [6, 6.07) is 16.5. The van der Waals surface area contributed by atoms with Crippen LogP contribution in [0.5, 0.6) is 0 Å². The molecule has 1 aliphatic rings. The molecular formula is C28H30N6OS. The van der Waals surface area contributed by atoms with Gasteiger partial charge in [0.1, 0.15) is 0 Å². The number of likely N-dealkylation sites (N-methyl/N-ethyl adjacent to an activating group) is 1. The number of thiophene rings is 1. The van der Waals surface area contributed by atoms with Crippen molar-refractivity contribution < 1.29 is 4.79 Å². The highest BCUT2D eigenvalue weighted by atomic mass is 32.1. The number of aryl methyl sites for hydroxylation is 1. The first-order chi connectivity index (χ1) is 17.5. The van der Waals surface area contributed by atoms with E-state index in [2.05, 4.69) is 58.3 Å². The van der Waals surface area contributed by atoms with Crippen LogP contribution in [0.25, 0.3) is 10.2 Å². The fourth-order valence-electron chi connectivity index (χ4n) is 4.30. The van der Waals surface area contributed by atoms with Crippen LogP contribution in [0.15, 0.2) is 66.6 Å². The normalized spacial score (nSPS) is 14.1. The number of fused-ring (bicyclic) bond motifs is 1. The van der Waals surface area contributed by atoms with Crippen LogP contribution in [0.3, 0.4) is 0 Å². The van der Waals surface area contributed by atoms with Crippen LogP contribution >= 0.6 is 11.3 Å². The predicted octanol–water partition coefficient (Wildman–Crippen LogP) is 5.54. The molecule has 0 unspecified atom stereocenters. The maximum absolute atomic E-state index is 12.1.